The first-order valence-corrected chi connectivity index (χ1v) is 9.02. The Bertz CT molecular complexity index is 865. The highest BCUT2D eigenvalue weighted by molar-refractivity contribution is 7.89. The van der Waals surface area contributed by atoms with Crippen molar-refractivity contribution in [3.05, 3.63) is 54.2 Å². The number of amides is 1. The average molecular weight is 408 g/mol. The summed E-state index contributed by atoms with van der Waals surface area (Å²) in [6, 6.07) is 6.71. The number of halogens is 4. The largest absolute Gasteiger partial charge is 0.467 e. The lowest BCUT2D eigenvalue weighted by atomic mass is 10.3. The number of carbonyl (C=O) groups excluding carboxylic acids is 1. The molecule has 0 aliphatic carbocycles. The molecule has 0 spiro atoms. The maximum atomic E-state index is 12.9. The molecule has 0 bridgehead atoms. The Labute approximate surface area is 153 Å². The Kier molecular flexibility index (Phi) is 6.26. The van der Waals surface area contributed by atoms with E-state index in [2.05, 4.69) is 0 Å². The Balaban J connectivity index is 2.15. The molecule has 0 aliphatic rings. The van der Waals surface area contributed by atoms with Crippen molar-refractivity contribution in [2.75, 3.05) is 20.1 Å². The van der Waals surface area contributed by atoms with Gasteiger partial charge in [-0.25, -0.2) is 12.8 Å². The van der Waals surface area contributed by atoms with E-state index in [1.807, 2.05) is 0 Å². The van der Waals surface area contributed by atoms with Gasteiger partial charge in [0, 0.05) is 7.05 Å². The molecule has 0 atom stereocenters. The molecule has 27 heavy (non-hydrogen) atoms. The highest BCUT2D eigenvalue weighted by atomic mass is 32.2. The number of carbonyl (C=O) groups is 1. The second-order valence-corrected chi connectivity index (χ2v) is 7.70. The van der Waals surface area contributed by atoms with Crippen LogP contribution in [0.4, 0.5) is 17.6 Å². The van der Waals surface area contributed by atoms with Crippen LogP contribution in [0.25, 0.3) is 0 Å². The molecule has 0 radical (unpaired) electrons. The van der Waals surface area contributed by atoms with E-state index >= 15 is 0 Å². The highest BCUT2D eigenvalue weighted by Gasteiger charge is 2.34. The third-order valence-corrected chi connectivity index (χ3v) is 5.35. The molecule has 0 unspecified atom stereocenters. The number of benzene rings is 1. The van der Waals surface area contributed by atoms with E-state index in [0.717, 1.165) is 31.3 Å². The number of nitrogens with zero attached hydrogens (tertiary/aromatic N) is 2. The van der Waals surface area contributed by atoms with Gasteiger partial charge in [0.15, 0.2) is 0 Å². The van der Waals surface area contributed by atoms with Crippen LogP contribution < -0.4 is 0 Å². The average Bonchev–Trinajstić information content (AvgIpc) is 3.06. The molecule has 6 nitrogen and oxygen atoms in total. The molecule has 0 saturated carbocycles. The van der Waals surface area contributed by atoms with Crippen molar-refractivity contribution in [3.63, 3.8) is 0 Å². The topological polar surface area (TPSA) is 70.8 Å². The van der Waals surface area contributed by atoms with E-state index in [4.69, 9.17) is 4.42 Å². The summed E-state index contributed by atoms with van der Waals surface area (Å²) in [5.41, 5.74) is 0. The minimum atomic E-state index is -4.67. The first-order valence-electron chi connectivity index (χ1n) is 7.58. The van der Waals surface area contributed by atoms with E-state index in [9.17, 15) is 30.8 Å². The number of rotatable bonds is 7. The van der Waals surface area contributed by atoms with Gasteiger partial charge >= 0.3 is 6.18 Å². The van der Waals surface area contributed by atoms with Crippen LogP contribution in [0.3, 0.4) is 0 Å². The van der Waals surface area contributed by atoms with Gasteiger partial charge in [-0.1, -0.05) is 0 Å². The first kappa shape index (κ1) is 20.9. The maximum Gasteiger partial charge on any atom is 0.406 e. The lowest BCUT2D eigenvalue weighted by Crippen LogP contribution is -2.44. The Hall–Kier alpha value is -2.40. The zero-order valence-corrected chi connectivity index (χ0v) is 14.9. The number of alkyl halides is 3. The Morgan fingerprint density at radius 3 is 2.30 bits per heavy atom. The molecule has 0 N–H and O–H groups in total. The predicted molar refractivity (Wildman–Crippen MR) is 86.4 cm³/mol. The molecule has 148 valence electrons. The van der Waals surface area contributed by atoms with Crippen LogP contribution in [0.1, 0.15) is 5.76 Å². The monoisotopic (exact) mass is 408 g/mol. The Morgan fingerprint density at radius 1 is 1.15 bits per heavy atom. The van der Waals surface area contributed by atoms with Crippen LogP contribution >= 0.6 is 0 Å². The number of likely N-dealkylation sites (N-methyl/N-ethyl adjacent to an activating group) is 1. The first-order chi connectivity index (χ1) is 12.5. The van der Waals surface area contributed by atoms with Gasteiger partial charge in [-0.2, -0.15) is 17.5 Å². The van der Waals surface area contributed by atoms with Crippen LogP contribution in [0.2, 0.25) is 0 Å². The van der Waals surface area contributed by atoms with Gasteiger partial charge in [-0.3, -0.25) is 4.79 Å². The summed E-state index contributed by atoms with van der Waals surface area (Å²) < 4.78 is 81.6. The van der Waals surface area contributed by atoms with Gasteiger partial charge in [0.2, 0.25) is 15.9 Å². The minimum absolute atomic E-state index is 0.122. The zero-order valence-electron chi connectivity index (χ0n) is 14.1. The second-order valence-electron chi connectivity index (χ2n) is 5.66. The molecule has 0 fully saturated rings. The van der Waals surface area contributed by atoms with Crippen molar-refractivity contribution < 1.29 is 35.2 Å². The summed E-state index contributed by atoms with van der Waals surface area (Å²) in [6.07, 6.45) is -3.42. The molecule has 2 rings (SSSR count). The van der Waals surface area contributed by atoms with Crippen molar-refractivity contribution in [2.45, 2.75) is 17.6 Å². The van der Waals surface area contributed by atoms with Crippen molar-refractivity contribution in [1.29, 1.82) is 0 Å². The molecular formula is C16H16F4N2O4S. The third kappa shape index (κ3) is 5.79. The van der Waals surface area contributed by atoms with E-state index in [0.29, 0.717) is 9.21 Å². The highest BCUT2D eigenvalue weighted by Crippen LogP contribution is 2.20. The summed E-state index contributed by atoms with van der Waals surface area (Å²) in [6.45, 7) is -2.84. The summed E-state index contributed by atoms with van der Waals surface area (Å²) in [5.74, 6) is -1.59. The van der Waals surface area contributed by atoms with Gasteiger partial charge in [0.05, 0.1) is 24.2 Å². The van der Waals surface area contributed by atoms with Crippen LogP contribution in [0.15, 0.2) is 52.0 Å². The molecule has 1 heterocycles. The van der Waals surface area contributed by atoms with Gasteiger partial charge < -0.3 is 9.32 Å². The molecular weight excluding hydrogens is 392 g/mol. The molecule has 11 heteroatoms. The third-order valence-electron chi connectivity index (χ3n) is 3.53. The van der Waals surface area contributed by atoms with E-state index in [1.165, 1.54) is 18.4 Å². The number of sulfonamides is 1. The number of hydrogen-bond acceptors (Lipinski definition) is 4. The van der Waals surface area contributed by atoms with Crippen LogP contribution in [-0.4, -0.2) is 49.8 Å². The summed E-state index contributed by atoms with van der Waals surface area (Å²) >= 11 is 0. The molecule has 1 amide bonds. The molecule has 2 aromatic rings. The van der Waals surface area contributed by atoms with E-state index < -0.39 is 47.6 Å². The fourth-order valence-corrected chi connectivity index (χ4v) is 3.32. The molecule has 1 aromatic heterocycles. The normalized spacial score (nSPS) is 12.4. The lowest BCUT2D eigenvalue weighted by Gasteiger charge is -2.25. The zero-order chi connectivity index (χ0) is 20.2. The van der Waals surface area contributed by atoms with Gasteiger partial charge in [-0.05, 0) is 36.4 Å². The maximum absolute atomic E-state index is 12.9. The van der Waals surface area contributed by atoms with Gasteiger partial charge in [-0.15, -0.1) is 0 Å². The summed E-state index contributed by atoms with van der Waals surface area (Å²) in [7, 11) is -3.12. The summed E-state index contributed by atoms with van der Waals surface area (Å²) in [4.78, 5) is 12.5. The standard InChI is InChI=1S/C16H16F4N2O4S/c1-21(27(24,25)14-6-4-12(17)5-7-14)10-15(23)22(11-16(18,19)20)9-13-3-2-8-26-13/h2-8H,9-11H2,1H3. The van der Waals surface area contributed by atoms with Crippen LogP contribution in [0.5, 0.6) is 0 Å². The lowest BCUT2D eigenvalue weighted by molar-refractivity contribution is -0.162. The van der Waals surface area contributed by atoms with Crippen LogP contribution in [0, 0.1) is 5.82 Å². The number of furan rings is 1. The van der Waals surface area contributed by atoms with Crippen molar-refractivity contribution in [2.24, 2.45) is 0 Å². The van der Waals surface area contributed by atoms with Crippen molar-refractivity contribution in [3.8, 4) is 0 Å². The van der Waals surface area contributed by atoms with Crippen molar-refractivity contribution >= 4 is 15.9 Å². The fraction of sp³-hybridized carbons (Fsp3) is 0.312. The molecule has 0 saturated heterocycles. The summed E-state index contributed by atoms with van der Waals surface area (Å²) in [5, 5.41) is 0. The molecule has 0 aliphatic heterocycles. The Morgan fingerprint density at radius 2 is 1.78 bits per heavy atom. The second kappa shape index (κ2) is 8.09. The minimum Gasteiger partial charge on any atom is -0.467 e. The molecule has 1 aromatic carbocycles. The van der Waals surface area contributed by atoms with E-state index in [-0.39, 0.29) is 10.7 Å². The van der Waals surface area contributed by atoms with Crippen molar-refractivity contribution in [1.82, 2.24) is 9.21 Å². The van der Waals surface area contributed by atoms with Gasteiger partial charge in [0.25, 0.3) is 0 Å². The van der Waals surface area contributed by atoms with Crippen LogP contribution in [-0.2, 0) is 21.4 Å². The smallest absolute Gasteiger partial charge is 0.406 e. The quantitative estimate of drug-likeness (QED) is 0.661. The van der Waals surface area contributed by atoms with Gasteiger partial charge in [0.1, 0.15) is 18.1 Å². The SMILES string of the molecule is CN(CC(=O)N(Cc1ccco1)CC(F)(F)F)S(=O)(=O)c1ccc(F)cc1. The van der Waals surface area contributed by atoms with E-state index in [1.54, 1.807) is 0 Å². The predicted octanol–water partition coefficient (Wildman–Crippen LogP) is 2.63. The fourth-order valence-electron chi connectivity index (χ4n) is 2.20. The number of hydrogen-bond donors (Lipinski definition) is 0.